The highest BCUT2D eigenvalue weighted by molar-refractivity contribution is 6.04. The van der Waals surface area contributed by atoms with Crippen molar-refractivity contribution in [2.24, 2.45) is 0 Å². The van der Waals surface area contributed by atoms with Crippen LogP contribution in [-0.2, 0) is 17.9 Å². The topological polar surface area (TPSA) is 78.4 Å². The van der Waals surface area contributed by atoms with Gasteiger partial charge in [-0.25, -0.2) is 4.98 Å². The lowest BCUT2D eigenvalue weighted by atomic mass is 10.1. The van der Waals surface area contributed by atoms with Crippen molar-refractivity contribution in [1.82, 2.24) is 14.9 Å². The second kappa shape index (κ2) is 8.70. The van der Waals surface area contributed by atoms with E-state index in [1.807, 2.05) is 60.8 Å². The third-order valence-electron chi connectivity index (χ3n) is 5.82. The second-order valence-electron chi connectivity index (χ2n) is 8.09. The van der Waals surface area contributed by atoms with Crippen LogP contribution in [0.5, 0.6) is 0 Å². The maximum atomic E-state index is 13.3. The summed E-state index contributed by atoms with van der Waals surface area (Å²) >= 11 is 0. The first kappa shape index (κ1) is 20.6. The van der Waals surface area contributed by atoms with Gasteiger partial charge in [-0.15, -0.1) is 0 Å². The molecule has 3 heterocycles. The molecule has 0 spiro atoms. The van der Waals surface area contributed by atoms with Crippen LogP contribution in [0, 0.1) is 0 Å². The van der Waals surface area contributed by atoms with Crippen molar-refractivity contribution in [2.45, 2.75) is 13.1 Å². The lowest BCUT2D eigenvalue weighted by molar-refractivity contribution is -0.117. The minimum absolute atomic E-state index is 0.0597. The quantitative estimate of drug-likeness (QED) is 0.513. The minimum atomic E-state index is -0.158. The summed E-state index contributed by atoms with van der Waals surface area (Å²) in [5.74, 6) is 0.385. The lowest BCUT2D eigenvalue weighted by Crippen LogP contribution is -2.40. The van der Waals surface area contributed by atoms with Crippen LogP contribution in [0.3, 0.4) is 0 Å². The van der Waals surface area contributed by atoms with Gasteiger partial charge in [-0.3, -0.25) is 14.6 Å². The first-order valence-electron chi connectivity index (χ1n) is 10.8. The average Bonchev–Trinajstić information content (AvgIpc) is 2.86. The molecule has 0 atom stereocenters. The summed E-state index contributed by atoms with van der Waals surface area (Å²) in [5, 5.41) is 5.15. The fourth-order valence-corrected chi connectivity index (χ4v) is 4.12. The number of amides is 2. The first-order chi connectivity index (χ1) is 16.1. The Morgan fingerprint density at radius 2 is 1.94 bits per heavy atom. The Morgan fingerprint density at radius 1 is 1.09 bits per heavy atom. The fourth-order valence-electron chi connectivity index (χ4n) is 4.12. The molecule has 1 N–H and O–H groups in total. The third kappa shape index (κ3) is 4.13. The number of hydrogen-bond acceptors (Lipinski definition) is 5. The number of pyridine rings is 2. The largest absolute Gasteiger partial charge is 0.359 e. The van der Waals surface area contributed by atoms with E-state index in [2.05, 4.69) is 15.3 Å². The molecule has 2 amide bonds. The van der Waals surface area contributed by atoms with E-state index < -0.39 is 0 Å². The Kier molecular flexibility index (Phi) is 5.44. The molecule has 7 heteroatoms. The molecule has 0 saturated heterocycles. The summed E-state index contributed by atoms with van der Waals surface area (Å²) < 4.78 is 0. The summed E-state index contributed by atoms with van der Waals surface area (Å²) in [4.78, 5) is 37.9. The SMILES string of the molecule is CN(Cc1cccc2cnccc12)C(=O)c1cnc2c(c1)N(Cc1ccccc1)C(=O)CN2. The predicted molar refractivity (Wildman–Crippen MR) is 128 cm³/mol. The van der Waals surface area contributed by atoms with E-state index in [4.69, 9.17) is 0 Å². The van der Waals surface area contributed by atoms with Crippen LogP contribution in [0.25, 0.3) is 10.8 Å². The van der Waals surface area contributed by atoms with E-state index in [1.165, 1.54) is 0 Å². The van der Waals surface area contributed by atoms with Crippen molar-refractivity contribution in [3.8, 4) is 0 Å². The van der Waals surface area contributed by atoms with Gasteiger partial charge in [0.25, 0.3) is 5.91 Å². The number of fused-ring (bicyclic) bond motifs is 2. The fraction of sp³-hybridized carbons (Fsp3) is 0.154. The molecule has 4 aromatic rings. The molecule has 0 aliphatic carbocycles. The van der Waals surface area contributed by atoms with Crippen molar-refractivity contribution < 1.29 is 9.59 Å². The summed E-state index contributed by atoms with van der Waals surface area (Å²) in [7, 11) is 1.77. The molecule has 2 aromatic carbocycles. The van der Waals surface area contributed by atoms with Gasteiger partial charge in [0, 0.05) is 37.6 Å². The standard InChI is InChI=1S/C26H23N5O2/c1-30(17-20-9-5-8-19-13-27-11-10-22(19)20)26(33)21-12-23-25(28-14-21)29-15-24(32)31(23)16-18-6-3-2-4-7-18/h2-14H,15-17H2,1H3,(H,28,29). The zero-order chi connectivity index (χ0) is 22.8. The number of rotatable bonds is 5. The highest BCUT2D eigenvalue weighted by atomic mass is 16.2. The van der Waals surface area contributed by atoms with Crippen molar-refractivity contribution in [3.63, 3.8) is 0 Å². The van der Waals surface area contributed by atoms with E-state index in [0.29, 0.717) is 30.2 Å². The van der Waals surface area contributed by atoms with Crippen molar-refractivity contribution in [1.29, 1.82) is 0 Å². The van der Waals surface area contributed by atoms with E-state index in [9.17, 15) is 9.59 Å². The van der Waals surface area contributed by atoms with Crippen LogP contribution in [0.2, 0.25) is 0 Å². The van der Waals surface area contributed by atoms with E-state index in [1.54, 1.807) is 35.3 Å². The second-order valence-corrected chi connectivity index (χ2v) is 8.09. The number of nitrogens with zero attached hydrogens (tertiary/aromatic N) is 4. The molecule has 33 heavy (non-hydrogen) atoms. The van der Waals surface area contributed by atoms with Crippen molar-refractivity contribution in [2.75, 3.05) is 23.8 Å². The monoisotopic (exact) mass is 437 g/mol. The third-order valence-corrected chi connectivity index (χ3v) is 5.82. The number of benzene rings is 2. The van der Waals surface area contributed by atoms with Crippen LogP contribution in [0.15, 0.2) is 79.3 Å². The molecule has 1 aliphatic rings. The molecule has 5 rings (SSSR count). The lowest BCUT2D eigenvalue weighted by Gasteiger charge is -2.30. The van der Waals surface area contributed by atoms with Gasteiger partial charge in [0.2, 0.25) is 5.91 Å². The molecule has 7 nitrogen and oxygen atoms in total. The van der Waals surface area contributed by atoms with Gasteiger partial charge in [0.1, 0.15) is 0 Å². The number of anilines is 2. The van der Waals surface area contributed by atoms with Crippen LogP contribution in [-0.4, -0.2) is 40.3 Å². The molecule has 164 valence electrons. The molecule has 2 aromatic heterocycles. The average molecular weight is 438 g/mol. The van der Waals surface area contributed by atoms with E-state index in [0.717, 1.165) is 21.9 Å². The van der Waals surface area contributed by atoms with Crippen LogP contribution >= 0.6 is 0 Å². The zero-order valence-corrected chi connectivity index (χ0v) is 18.2. The summed E-state index contributed by atoms with van der Waals surface area (Å²) in [6.45, 7) is 1.05. The Bertz CT molecular complexity index is 1330. The van der Waals surface area contributed by atoms with Gasteiger partial charge in [-0.1, -0.05) is 48.5 Å². The number of carbonyl (C=O) groups excluding carboxylic acids is 2. The van der Waals surface area contributed by atoms with Crippen molar-refractivity contribution >= 4 is 34.1 Å². The smallest absolute Gasteiger partial charge is 0.255 e. The van der Waals surface area contributed by atoms with Crippen LogP contribution < -0.4 is 10.2 Å². The van der Waals surface area contributed by atoms with Crippen molar-refractivity contribution in [3.05, 3.63) is 95.9 Å². The molecule has 0 saturated carbocycles. The maximum absolute atomic E-state index is 13.3. The van der Waals surface area contributed by atoms with E-state index >= 15 is 0 Å². The summed E-state index contributed by atoms with van der Waals surface area (Å²) in [5.41, 5.74) is 3.11. The minimum Gasteiger partial charge on any atom is -0.359 e. The maximum Gasteiger partial charge on any atom is 0.255 e. The summed E-state index contributed by atoms with van der Waals surface area (Å²) in [6, 6.07) is 19.5. The number of nitrogens with one attached hydrogen (secondary N) is 1. The van der Waals surface area contributed by atoms with Gasteiger partial charge >= 0.3 is 0 Å². The van der Waals surface area contributed by atoms with Gasteiger partial charge in [0.05, 0.1) is 24.3 Å². The van der Waals surface area contributed by atoms with Gasteiger partial charge < -0.3 is 15.1 Å². The van der Waals surface area contributed by atoms with Gasteiger partial charge in [0.15, 0.2) is 5.82 Å². The Balaban J connectivity index is 1.41. The molecule has 0 fully saturated rings. The van der Waals surface area contributed by atoms with Gasteiger partial charge in [-0.05, 0) is 28.6 Å². The highest BCUT2D eigenvalue weighted by Crippen LogP contribution is 2.30. The molecular formula is C26H23N5O2. The highest BCUT2D eigenvalue weighted by Gasteiger charge is 2.27. The Morgan fingerprint density at radius 3 is 2.79 bits per heavy atom. The van der Waals surface area contributed by atoms with E-state index in [-0.39, 0.29) is 18.4 Å². The molecular weight excluding hydrogens is 414 g/mol. The number of hydrogen-bond donors (Lipinski definition) is 1. The molecule has 0 bridgehead atoms. The Labute approximate surface area is 191 Å². The van der Waals surface area contributed by atoms with Gasteiger partial charge in [-0.2, -0.15) is 0 Å². The first-order valence-corrected chi connectivity index (χ1v) is 10.8. The summed E-state index contributed by atoms with van der Waals surface area (Å²) in [6.07, 6.45) is 5.14. The number of carbonyl (C=O) groups is 2. The van der Waals surface area contributed by atoms with Crippen LogP contribution in [0.4, 0.5) is 11.5 Å². The zero-order valence-electron chi connectivity index (χ0n) is 18.2. The molecule has 1 aliphatic heterocycles. The molecule has 0 unspecified atom stereocenters. The normalized spacial score (nSPS) is 12.9. The predicted octanol–water partition coefficient (Wildman–Crippen LogP) is 3.86. The molecule has 0 radical (unpaired) electrons. The number of aromatic nitrogens is 2. The Hall–Kier alpha value is -4.26. The van der Waals surface area contributed by atoms with Crippen LogP contribution in [0.1, 0.15) is 21.5 Å².